The maximum absolute atomic E-state index is 12.1. The number of hydrogen-bond donors (Lipinski definition) is 3. The largest absolute Gasteiger partial charge is 0.352 e. The number of thioether (sulfide) groups is 1. The standard InChI is InChI=1S/C21H27N5O3S/c1-15-5-4-8-17(9-15)24-20(28)13-30-14-21(29)25-18-10-22-26(11-18)12-19(27)23-16-6-2-3-7-16/h4-5,8-11,16H,2-3,6-7,12-14H2,1H3,(H,23,27)(H,24,28)(H,25,29). The van der Waals surface area contributed by atoms with Crippen molar-refractivity contribution < 1.29 is 14.4 Å². The molecule has 0 radical (unpaired) electrons. The summed E-state index contributed by atoms with van der Waals surface area (Å²) >= 11 is 1.23. The predicted octanol–water partition coefficient (Wildman–Crippen LogP) is 2.56. The summed E-state index contributed by atoms with van der Waals surface area (Å²) in [6, 6.07) is 7.82. The van der Waals surface area contributed by atoms with Gasteiger partial charge in [-0.05, 0) is 37.5 Å². The van der Waals surface area contributed by atoms with Crippen LogP contribution in [-0.2, 0) is 20.9 Å². The third-order valence-electron chi connectivity index (χ3n) is 4.71. The highest BCUT2D eigenvalue weighted by Crippen LogP contribution is 2.17. The summed E-state index contributed by atoms with van der Waals surface area (Å²) in [5.41, 5.74) is 2.34. The molecule has 0 spiro atoms. The molecule has 3 rings (SSSR count). The topological polar surface area (TPSA) is 105 Å². The molecule has 9 heteroatoms. The highest BCUT2D eigenvalue weighted by Gasteiger charge is 2.17. The van der Waals surface area contributed by atoms with E-state index in [0.29, 0.717) is 5.69 Å². The second-order valence-electron chi connectivity index (χ2n) is 7.43. The molecule has 1 fully saturated rings. The van der Waals surface area contributed by atoms with Crippen molar-refractivity contribution in [2.45, 2.75) is 45.2 Å². The van der Waals surface area contributed by atoms with E-state index in [4.69, 9.17) is 0 Å². The first-order valence-electron chi connectivity index (χ1n) is 10.0. The van der Waals surface area contributed by atoms with Gasteiger partial charge in [0.15, 0.2) is 0 Å². The number of nitrogens with zero attached hydrogens (tertiary/aromatic N) is 2. The fourth-order valence-corrected chi connectivity index (χ4v) is 3.98. The van der Waals surface area contributed by atoms with Gasteiger partial charge >= 0.3 is 0 Å². The maximum Gasteiger partial charge on any atom is 0.241 e. The number of benzene rings is 1. The quantitative estimate of drug-likeness (QED) is 0.568. The molecule has 0 aliphatic heterocycles. The Morgan fingerprint density at radius 3 is 2.47 bits per heavy atom. The zero-order valence-corrected chi connectivity index (χ0v) is 17.8. The third-order valence-corrected chi connectivity index (χ3v) is 5.64. The van der Waals surface area contributed by atoms with Gasteiger partial charge in [-0.15, -0.1) is 11.8 Å². The molecule has 1 aliphatic carbocycles. The van der Waals surface area contributed by atoms with Crippen LogP contribution < -0.4 is 16.0 Å². The molecule has 1 aromatic carbocycles. The van der Waals surface area contributed by atoms with Crippen molar-refractivity contribution in [1.29, 1.82) is 0 Å². The summed E-state index contributed by atoms with van der Waals surface area (Å²) in [5.74, 6) is -0.118. The monoisotopic (exact) mass is 429 g/mol. The molecule has 3 amide bonds. The summed E-state index contributed by atoms with van der Waals surface area (Å²) < 4.78 is 1.50. The van der Waals surface area contributed by atoms with E-state index in [1.54, 1.807) is 6.20 Å². The molecule has 0 atom stereocenters. The highest BCUT2D eigenvalue weighted by atomic mass is 32.2. The van der Waals surface area contributed by atoms with Crippen molar-refractivity contribution >= 4 is 40.9 Å². The van der Waals surface area contributed by atoms with Crippen molar-refractivity contribution in [2.75, 3.05) is 22.1 Å². The van der Waals surface area contributed by atoms with E-state index in [1.165, 1.54) is 22.6 Å². The number of carbonyl (C=O) groups excluding carboxylic acids is 3. The average Bonchev–Trinajstić information content (AvgIpc) is 3.34. The van der Waals surface area contributed by atoms with Gasteiger partial charge < -0.3 is 16.0 Å². The van der Waals surface area contributed by atoms with Crippen molar-refractivity contribution in [2.24, 2.45) is 0 Å². The van der Waals surface area contributed by atoms with E-state index >= 15 is 0 Å². The first kappa shape index (κ1) is 21.9. The number of aromatic nitrogens is 2. The molecule has 0 saturated heterocycles. The predicted molar refractivity (Wildman–Crippen MR) is 118 cm³/mol. The van der Waals surface area contributed by atoms with Crippen LogP contribution in [0, 0.1) is 6.92 Å². The number of aryl methyl sites for hydroxylation is 1. The smallest absolute Gasteiger partial charge is 0.241 e. The second kappa shape index (κ2) is 10.8. The van der Waals surface area contributed by atoms with Gasteiger partial charge in [0, 0.05) is 17.9 Å². The summed E-state index contributed by atoms with van der Waals surface area (Å²) in [4.78, 5) is 36.1. The normalized spacial score (nSPS) is 13.8. The van der Waals surface area contributed by atoms with Crippen LogP contribution in [0.3, 0.4) is 0 Å². The Kier molecular flexibility index (Phi) is 7.89. The van der Waals surface area contributed by atoms with Crippen LogP contribution >= 0.6 is 11.8 Å². The average molecular weight is 430 g/mol. The van der Waals surface area contributed by atoms with Crippen LogP contribution in [0.15, 0.2) is 36.7 Å². The molecule has 8 nitrogen and oxygen atoms in total. The lowest BCUT2D eigenvalue weighted by Crippen LogP contribution is -2.35. The first-order valence-corrected chi connectivity index (χ1v) is 11.2. The Morgan fingerprint density at radius 1 is 1.07 bits per heavy atom. The van der Waals surface area contributed by atoms with Gasteiger partial charge in [0.2, 0.25) is 17.7 Å². The highest BCUT2D eigenvalue weighted by molar-refractivity contribution is 8.00. The second-order valence-corrected chi connectivity index (χ2v) is 8.42. The third kappa shape index (κ3) is 7.22. The van der Waals surface area contributed by atoms with E-state index in [1.807, 2.05) is 31.2 Å². The summed E-state index contributed by atoms with van der Waals surface area (Å²) in [6.07, 6.45) is 7.53. The van der Waals surface area contributed by atoms with E-state index in [0.717, 1.165) is 36.9 Å². The van der Waals surface area contributed by atoms with Crippen LogP contribution in [0.25, 0.3) is 0 Å². The van der Waals surface area contributed by atoms with Gasteiger partial charge in [-0.25, -0.2) is 0 Å². The fourth-order valence-electron chi connectivity index (χ4n) is 3.36. The minimum Gasteiger partial charge on any atom is -0.352 e. The van der Waals surface area contributed by atoms with E-state index in [-0.39, 0.29) is 41.8 Å². The summed E-state index contributed by atoms with van der Waals surface area (Å²) in [5, 5.41) is 12.7. The van der Waals surface area contributed by atoms with E-state index in [9.17, 15) is 14.4 Å². The first-order chi connectivity index (χ1) is 14.5. The van der Waals surface area contributed by atoms with Crippen molar-refractivity contribution in [3.8, 4) is 0 Å². The molecule has 3 N–H and O–H groups in total. The molecule has 160 valence electrons. The van der Waals surface area contributed by atoms with Crippen LogP contribution in [0.5, 0.6) is 0 Å². The van der Waals surface area contributed by atoms with Crippen molar-refractivity contribution in [1.82, 2.24) is 15.1 Å². The Balaban J connectivity index is 1.34. The number of rotatable bonds is 9. The molecule has 0 bridgehead atoms. The van der Waals surface area contributed by atoms with Gasteiger partial charge in [-0.2, -0.15) is 5.10 Å². The molecule has 1 saturated carbocycles. The lowest BCUT2D eigenvalue weighted by Gasteiger charge is -2.11. The summed E-state index contributed by atoms with van der Waals surface area (Å²) in [7, 11) is 0. The van der Waals surface area contributed by atoms with Gasteiger partial charge in [-0.3, -0.25) is 19.1 Å². The van der Waals surface area contributed by atoms with Crippen LogP contribution in [-0.4, -0.2) is 45.0 Å². The molecular weight excluding hydrogens is 402 g/mol. The minimum atomic E-state index is -0.224. The molecular formula is C21H27N5O3S. The van der Waals surface area contributed by atoms with Crippen LogP contribution in [0.1, 0.15) is 31.2 Å². The zero-order chi connectivity index (χ0) is 21.3. The van der Waals surface area contributed by atoms with Gasteiger partial charge in [-0.1, -0.05) is 25.0 Å². The fraction of sp³-hybridized carbons (Fsp3) is 0.429. The number of hydrogen-bond acceptors (Lipinski definition) is 5. The van der Waals surface area contributed by atoms with Crippen molar-refractivity contribution in [3.05, 3.63) is 42.2 Å². The Hall–Kier alpha value is -2.81. The number of carbonyl (C=O) groups is 3. The lowest BCUT2D eigenvalue weighted by molar-refractivity contribution is -0.122. The van der Waals surface area contributed by atoms with Gasteiger partial charge in [0.25, 0.3) is 0 Å². The lowest BCUT2D eigenvalue weighted by atomic mass is 10.2. The Morgan fingerprint density at radius 2 is 1.77 bits per heavy atom. The van der Waals surface area contributed by atoms with E-state index < -0.39 is 0 Å². The molecule has 30 heavy (non-hydrogen) atoms. The maximum atomic E-state index is 12.1. The van der Waals surface area contributed by atoms with Gasteiger partial charge in [0.05, 0.1) is 23.4 Å². The van der Waals surface area contributed by atoms with Gasteiger partial charge in [0.1, 0.15) is 6.54 Å². The Labute approximate surface area is 180 Å². The number of amides is 3. The Bertz CT molecular complexity index is 892. The SMILES string of the molecule is Cc1cccc(NC(=O)CSCC(=O)Nc2cnn(CC(=O)NC3CCCC3)c2)c1. The number of anilines is 2. The molecule has 1 aliphatic rings. The molecule has 0 unspecified atom stereocenters. The van der Waals surface area contributed by atoms with Crippen LogP contribution in [0.2, 0.25) is 0 Å². The zero-order valence-electron chi connectivity index (χ0n) is 17.0. The van der Waals surface area contributed by atoms with E-state index in [2.05, 4.69) is 21.0 Å². The summed E-state index contributed by atoms with van der Waals surface area (Å²) in [6.45, 7) is 2.08. The van der Waals surface area contributed by atoms with Crippen molar-refractivity contribution in [3.63, 3.8) is 0 Å². The van der Waals surface area contributed by atoms with Crippen LogP contribution in [0.4, 0.5) is 11.4 Å². The molecule has 1 aromatic heterocycles. The number of nitrogens with one attached hydrogen (secondary N) is 3. The molecule has 2 aromatic rings. The minimum absolute atomic E-state index is 0.0712. The molecule has 1 heterocycles.